The third-order valence-electron chi connectivity index (χ3n) is 1.52. The quantitative estimate of drug-likeness (QED) is 0.618. The Kier molecular flexibility index (Phi) is 3.53. The van der Waals surface area contributed by atoms with E-state index in [9.17, 15) is 18.0 Å². The van der Waals surface area contributed by atoms with E-state index < -0.39 is 12.2 Å². The zero-order chi connectivity index (χ0) is 11.6. The number of pyridine rings is 1. The first-order valence-electron chi connectivity index (χ1n) is 3.71. The molecule has 0 N–H and O–H groups in total. The number of alkyl halides is 3. The summed E-state index contributed by atoms with van der Waals surface area (Å²) in [7, 11) is 0. The number of aromatic nitrogens is 1. The molecule has 15 heavy (non-hydrogen) atoms. The Morgan fingerprint density at radius 2 is 2.13 bits per heavy atom. The van der Waals surface area contributed by atoms with E-state index in [0.717, 1.165) is 0 Å². The average molecular weight is 331 g/mol. The van der Waals surface area contributed by atoms with Crippen molar-refractivity contribution in [3.63, 3.8) is 0 Å². The fraction of sp³-hybridized carbons (Fsp3) is 0.250. The first-order valence-corrected chi connectivity index (χ1v) is 4.79. The molecule has 1 aromatic rings. The van der Waals surface area contributed by atoms with Gasteiger partial charge in [-0.15, -0.1) is 13.2 Å². The predicted octanol–water partition coefficient (Wildman–Crippen LogP) is 2.71. The van der Waals surface area contributed by atoms with Crippen LogP contribution in [0.15, 0.2) is 6.20 Å². The van der Waals surface area contributed by atoms with Gasteiger partial charge in [-0.1, -0.05) is 0 Å². The van der Waals surface area contributed by atoms with Gasteiger partial charge in [-0.25, -0.2) is 4.98 Å². The smallest absolute Gasteiger partial charge is 0.387 e. The molecule has 0 aliphatic rings. The summed E-state index contributed by atoms with van der Waals surface area (Å²) in [6, 6.07) is 0. The van der Waals surface area contributed by atoms with Crippen molar-refractivity contribution >= 4 is 28.9 Å². The molecule has 0 aliphatic heterocycles. The van der Waals surface area contributed by atoms with E-state index in [0.29, 0.717) is 15.4 Å². The average Bonchev–Trinajstić information content (AvgIpc) is 2.10. The van der Waals surface area contributed by atoms with Crippen molar-refractivity contribution in [3.05, 3.63) is 20.9 Å². The minimum absolute atomic E-state index is 0.187. The Labute approximate surface area is 96.8 Å². The van der Waals surface area contributed by atoms with Gasteiger partial charge in [0.2, 0.25) is 5.88 Å². The molecule has 0 fully saturated rings. The minimum atomic E-state index is -4.84. The highest BCUT2D eigenvalue weighted by molar-refractivity contribution is 14.1. The third kappa shape index (κ3) is 3.05. The molecule has 0 saturated carbocycles. The molecule has 82 valence electrons. The Morgan fingerprint density at radius 3 is 2.60 bits per heavy atom. The van der Waals surface area contributed by atoms with E-state index in [1.54, 1.807) is 29.5 Å². The first kappa shape index (κ1) is 12.2. The van der Waals surface area contributed by atoms with E-state index in [4.69, 9.17) is 0 Å². The van der Waals surface area contributed by atoms with Gasteiger partial charge in [-0.05, 0) is 35.1 Å². The molecule has 0 atom stereocenters. The number of hydrogen-bond acceptors (Lipinski definition) is 3. The number of carbonyl (C=O) groups excluding carboxylic acids is 1. The van der Waals surface area contributed by atoms with Crippen LogP contribution in [-0.2, 0) is 0 Å². The van der Waals surface area contributed by atoms with Gasteiger partial charge in [-0.2, -0.15) is 0 Å². The number of halogens is 4. The summed E-state index contributed by atoms with van der Waals surface area (Å²) >= 11 is 1.76. The largest absolute Gasteiger partial charge is 0.574 e. The van der Waals surface area contributed by atoms with Crippen LogP contribution in [0, 0.1) is 10.5 Å². The summed E-state index contributed by atoms with van der Waals surface area (Å²) < 4.78 is 39.7. The van der Waals surface area contributed by atoms with Crippen LogP contribution in [0.25, 0.3) is 0 Å². The summed E-state index contributed by atoms with van der Waals surface area (Å²) in [6.07, 6.45) is -3.33. The summed E-state index contributed by atoms with van der Waals surface area (Å²) in [4.78, 5) is 14.0. The van der Waals surface area contributed by atoms with Gasteiger partial charge in [-0.3, -0.25) is 4.79 Å². The number of nitrogens with zero attached hydrogens (tertiary/aromatic N) is 1. The number of hydrogen-bond donors (Lipinski definition) is 0. The lowest BCUT2D eigenvalue weighted by atomic mass is 10.2. The molecule has 0 aromatic carbocycles. The second-order valence-corrected chi connectivity index (χ2v) is 3.72. The molecular formula is C8H5F3INO2. The van der Waals surface area contributed by atoms with Gasteiger partial charge in [0.05, 0.1) is 5.56 Å². The standard InChI is InChI=1S/C8H5F3INO2/c1-4-2-13-7(15-8(9,10)11)5(3-14)6(4)12/h2-3H,1H3. The summed E-state index contributed by atoms with van der Waals surface area (Å²) in [5, 5.41) is 0. The highest BCUT2D eigenvalue weighted by Gasteiger charge is 2.33. The first-order chi connectivity index (χ1) is 6.85. The second-order valence-electron chi connectivity index (χ2n) is 2.64. The number of rotatable bonds is 2. The molecule has 1 heterocycles. The maximum absolute atomic E-state index is 11.9. The maximum atomic E-state index is 11.9. The topological polar surface area (TPSA) is 39.2 Å². The van der Waals surface area contributed by atoms with Crippen molar-refractivity contribution in [2.75, 3.05) is 0 Å². The molecule has 0 aliphatic carbocycles. The Hall–Kier alpha value is -0.860. The van der Waals surface area contributed by atoms with Crippen LogP contribution < -0.4 is 4.74 Å². The van der Waals surface area contributed by atoms with E-state index in [1.165, 1.54) is 6.20 Å². The highest BCUT2D eigenvalue weighted by atomic mass is 127. The van der Waals surface area contributed by atoms with Crippen molar-refractivity contribution in [2.24, 2.45) is 0 Å². The number of carbonyl (C=O) groups is 1. The van der Waals surface area contributed by atoms with E-state index in [1.807, 2.05) is 0 Å². The van der Waals surface area contributed by atoms with Gasteiger partial charge < -0.3 is 4.74 Å². The van der Waals surface area contributed by atoms with Crippen LogP contribution in [0.5, 0.6) is 5.88 Å². The number of aryl methyl sites for hydroxylation is 1. The van der Waals surface area contributed by atoms with Crippen LogP contribution in [0.4, 0.5) is 13.2 Å². The molecule has 1 rings (SSSR count). The summed E-state index contributed by atoms with van der Waals surface area (Å²) in [5.74, 6) is -0.715. The minimum Gasteiger partial charge on any atom is -0.387 e. The Morgan fingerprint density at radius 1 is 1.53 bits per heavy atom. The van der Waals surface area contributed by atoms with Crippen LogP contribution in [0.3, 0.4) is 0 Å². The van der Waals surface area contributed by atoms with Crippen molar-refractivity contribution < 1.29 is 22.7 Å². The van der Waals surface area contributed by atoms with Crippen molar-refractivity contribution in [1.29, 1.82) is 0 Å². The molecule has 0 spiro atoms. The lowest BCUT2D eigenvalue weighted by Crippen LogP contribution is -2.19. The van der Waals surface area contributed by atoms with Crippen molar-refractivity contribution in [2.45, 2.75) is 13.3 Å². The SMILES string of the molecule is Cc1cnc(OC(F)(F)F)c(C=O)c1I. The molecule has 0 unspecified atom stereocenters. The molecule has 0 saturated heterocycles. The Balaban J connectivity index is 3.19. The molecule has 0 bridgehead atoms. The van der Waals surface area contributed by atoms with Gasteiger partial charge in [0.25, 0.3) is 0 Å². The van der Waals surface area contributed by atoms with Crippen LogP contribution in [0.2, 0.25) is 0 Å². The van der Waals surface area contributed by atoms with Crippen molar-refractivity contribution in [1.82, 2.24) is 4.98 Å². The monoisotopic (exact) mass is 331 g/mol. The fourth-order valence-corrected chi connectivity index (χ4v) is 1.38. The van der Waals surface area contributed by atoms with Gasteiger partial charge >= 0.3 is 6.36 Å². The third-order valence-corrected chi connectivity index (χ3v) is 2.95. The predicted molar refractivity (Wildman–Crippen MR) is 53.8 cm³/mol. The Bertz CT molecular complexity index is 392. The van der Waals surface area contributed by atoms with Gasteiger partial charge in [0.1, 0.15) is 0 Å². The summed E-state index contributed by atoms with van der Waals surface area (Å²) in [5.41, 5.74) is 0.431. The van der Waals surface area contributed by atoms with Crippen LogP contribution in [0.1, 0.15) is 15.9 Å². The lowest BCUT2D eigenvalue weighted by molar-refractivity contribution is -0.276. The zero-order valence-electron chi connectivity index (χ0n) is 7.43. The number of aldehydes is 1. The summed E-state index contributed by atoms with van der Waals surface area (Å²) in [6.45, 7) is 1.64. The van der Waals surface area contributed by atoms with E-state index in [-0.39, 0.29) is 5.56 Å². The number of ether oxygens (including phenoxy) is 1. The van der Waals surface area contributed by atoms with Crippen LogP contribution >= 0.6 is 22.6 Å². The highest BCUT2D eigenvalue weighted by Crippen LogP contribution is 2.27. The normalized spacial score (nSPS) is 11.3. The molecule has 7 heteroatoms. The molecule has 1 aromatic heterocycles. The molecule has 0 radical (unpaired) electrons. The zero-order valence-corrected chi connectivity index (χ0v) is 9.59. The maximum Gasteiger partial charge on any atom is 0.574 e. The molecule has 3 nitrogen and oxygen atoms in total. The van der Waals surface area contributed by atoms with Gasteiger partial charge in [0, 0.05) is 9.77 Å². The molecular weight excluding hydrogens is 326 g/mol. The van der Waals surface area contributed by atoms with Crippen LogP contribution in [-0.4, -0.2) is 17.6 Å². The molecule has 0 amide bonds. The fourth-order valence-electron chi connectivity index (χ4n) is 0.881. The van der Waals surface area contributed by atoms with E-state index in [2.05, 4.69) is 9.72 Å². The van der Waals surface area contributed by atoms with Crippen molar-refractivity contribution in [3.8, 4) is 5.88 Å². The van der Waals surface area contributed by atoms with Gasteiger partial charge in [0.15, 0.2) is 6.29 Å². The lowest BCUT2D eigenvalue weighted by Gasteiger charge is -2.11. The van der Waals surface area contributed by atoms with E-state index >= 15 is 0 Å². The second kappa shape index (κ2) is 4.33.